The van der Waals surface area contributed by atoms with E-state index in [9.17, 15) is 22.6 Å². The SMILES string of the molecule is C=C(CC(=O)O)C(=O)O.C=CS(=O)(=O)[O-].[Na+]. The molecule has 0 radical (unpaired) electrons. The fourth-order valence-electron chi connectivity index (χ4n) is 0.258. The summed E-state index contributed by atoms with van der Waals surface area (Å²) in [5, 5.41) is 16.4. The van der Waals surface area contributed by atoms with Crippen LogP contribution in [-0.4, -0.2) is 35.1 Å². The van der Waals surface area contributed by atoms with E-state index in [1.807, 2.05) is 0 Å². The molecular weight excluding hydrogens is 251 g/mol. The summed E-state index contributed by atoms with van der Waals surface area (Å²) in [6, 6.07) is 0. The Kier molecular flexibility index (Phi) is 12.4. The molecule has 0 fully saturated rings. The Balaban J connectivity index is -0.000000214. The molecule has 0 atom stereocenters. The van der Waals surface area contributed by atoms with Crippen LogP contribution < -0.4 is 29.6 Å². The van der Waals surface area contributed by atoms with Gasteiger partial charge < -0.3 is 14.8 Å². The van der Waals surface area contributed by atoms with Crippen LogP contribution in [0.2, 0.25) is 0 Å². The summed E-state index contributed by atoms with van der Waals surface area (Å²) in [4.78, 5) is 19.7. The second-order valence-corrected chi connectivity index (χ2v) is 3.46. The van der Waals surface area contributed by atoms with Crippen molar-refractivity contribution in [1.29, 1.82) is 0 Å². The summed E-state index contributed by atoms with van der Waals surface area (Å²) in [5.41, 5.74) is -0.303. The van der Waals surface area contributed by atoms with E-state index in [4.69, 9.17) is 10.2 Å². The molecule has 0 bridgehead atoms. The van der Waals surface area contributed by atoms with Gasteiger partial charge in [-0.3, -0.25) is 4.79 Å². The molecule has 0 aromatic carbocycles. The first-order chi connectivity index (χ1) is 6.60. The molecule has 0 saturated heterocycles. The molecule has 0 aliphatic rings. The molecule has 86 valence electrons. The minimum absolute atomic E-state index is 0. The first-order valence-corrected chi connectivity index (χ1v) is 4.78. The number of carbonyl (C=O) groups is 2. The molecule has 0 heterocycles. The zero-order valence-electron chi connectivity index (χ0n) is 8.54. The second kappa shape index (κ2) is 9.55. The smallest absolute Gasteiger partial charge is 0.745 e. The van der Waals surface area contributed by atoms with E-state index in [0.717, 1.165) is 0 Å². The second-order valence-electron chi connectivity index (χ2n) is 2.14. The molecule has 0 rings (SSSR count). The third-order valence-corrected chi connectivity index (χ3v) is 1.28. The Morgan fingerprint density at radius 1 is 1.31 bits per heavy atom. The first-order valence-electron chi connectivity index (χ1n) is 3.31. The molecule has 0 aliphatic heterocycles. The van der Waals surface area contributed by atoms with Gasteiger partial charge >= 0.3 is 41.5 Å². The van der Waals surface area contributed by atoms with Gasteiger partial charge in [0.25, 0.3) is 0 Å². The topological polar surface area (TPSA) is 132 Å². The molecule has 0 saturated carbocycles. The number of aliphatic carboxylic acids is 2. The minimum Gasteiger partial charge on any atom is -0.745 e. The van der Waals surface area contributed by atoms with Crippen LogP contribution in [0.1, 0.15) is 6.42 Å². The Labute approximate surface area is 115 Å². The van der Waals surface area contributed by atoms with Crippen molar-refractivity contribution in [2.75, 3.05) is 0 Å². The van der Waals surface area contributed by atoms with Gasteiger partial charge in [0.15, 0.2) is 0 Å². The van der Waals surface area contributed by atoms with Crippen molar-refractivity contribution >= 4 is 22.1 Å². The van der Waals surface area contributed by atoms with Crippen LogP contribution in [0.3, 0.4) is 0 Å². The van der Waals surface area contributed by atoms with E-state index in [0.29, 0.717) is 5.41 Å². The van der Waals surface area contributed by atoms with Gasteiger partial charge in [-0.25, -0.2) is 13.2 Å². The molecule has 16 heavy (non-hydrogen) atoms. The molecule has 0 amide bonds. The Morgan fingerprint density at radius 3 is 1.69 bits per heavy atom. The number of hydrogen-bond acceptors (Lipinski definition) is 5. The molecule has 0 aliphatic carbocycles. The molecule has 7 nitrogen and oxygen atoms in total. The molecule has 0 spiro atoms. The monoisotopic (exact) mass is 260 g/mol. The van der Waals surface area contributed by atoms with Gasteiger partial charge in [-0.05, 0) is 0 Å². The molecule has 2 N–H and O–H groups in total. The predicted molar refractivity (Wildman–Crippen MR) is 48.9 cm³/mol. The average Bonchev–Trinajstić information content (AvgIpc) is 2.02. The van der Waals surface area contributed by atoms with E-state index in [-0.39, 0.29) is 35.1 Å². The van der Waals surface area contributed by atoms with Crippen LogP contribution in [-0.2, 0) is 19.7 Å². The van der Waals surface area contributed by atoms with Crippen molar-refractivity contribution in [2.24, 2.45) is 0 Å². The minimum atomic E-state index is -4.15. The average molecular weight is 260 g/mol. The molecular formula is C7H9NaO7S. The van der Waals surface area contributed by atoms with Crippen molar-refractivity contribution in [1.82, 2.24) is 0 Å². The standard InChI is InChI=1S/C5H6O4.C2H4O3S.Na/c1-3(5(8)9)2-4(6)7;1-2-6(3,4)5;/h1-2H2,(H,6,7)(H,8,9);2H,1H2,(H,3,4,5);/q;;+1/p-1. The Hall–Kier alpha value is -0.670. The fraction of sp³-hybridized carbons (Fsp3) is 0.143. The van der Waals surface area contributed by atoms with Crippen molar-refractivity contribution in [3.63, 3.8) is 0 Å². The maximum atomic E-state index is 9.87. The van der Waals surface area contributed by atoms with E-state index < -0.39 is 28.5 Å². The summed E-state index contributed by atoms with van der Waals surface area (Å²) >= 11 is 0. The summed E-state index contributed by atoms with van der Waals surface area (Å²) < 4.78 is 28.0. The van der Waals surface area contributed by atoms with Gasteiger partial charge in [-0.15, -0.1) is 0 Å². The fourth-order valence-corrected chi connectivity index (χ4v) is 0.258. The van der Waals surface area contributed by atoms with Crippen molar-refractivity contribution in [2.45, 2.75) is 6.42 Å². The van der Waals surface area contributed by atoms with E-state index in [1.165, 1.54) is 0 Å². The maximum absolute atomic E-state index is 9.87. The zero-order chi connectivity index (χ0) is 12.6. The third-order valence-electron chi connectivity index (χ3n) is 0.871. The quantitative estimate of drug-likeness (QED) is 0.308. The first kappa shape index (κ1) is 20.7. The third kappa shape index (κ3) is 19.0. The zero-order valence-corrected chi connectivity index (χ0v) is 11.4. The summed E-state index contributed by atoms with van der Waals surface area (Å²) in [5.74, 6) is -2.44. The molecule has 0 aromatic rings. The van der Waals surface area contributed by atoms with Crippen molar-refractivity contribution < 1.29 is 62.3 Å². The number of hydrogen-bond donors (Lipinski definition) is 2. The predicted octanol–water partition coefficient (Wildman–Crippen LogP) is -3.22. The van der Waals surface area contributed by atoms with Crippen molar-refractivity contribution in [3.8, 4) is 0 Å². The molecule has 0 aromatic heterocycles. The Bertz CT molecular complexity index is 359. The van der Waals surface area contributed by atoms with Crippen LogP contribution in [0.4, 0.5) is 0 Å². The molecule has 9 heteroatoms. The van der Waals surface area contributed by atoms with Crippen LogP contribution in [0.5, 0.6) is 0 Å². The number of carboxylic acid groups (broad SMARTS) is 2. The summed E-state index contributed by atoms with van der Waals surface area (Å²) in [6.07, 6.45) is -0.505. The van der Waals surface area contributed by atoms with Crippen LogP contribution in [0.25, 0.3) is 0 Å². The van der Waals surface area contributed by atoms with Gasteiger partial charge in [0.05, 0.1) is 6.42 Å². The van der Waals surface area contributed by atoms with Crippen LogP contribution >= 0.6 is 0 Å². The van der Waals surface area contributed by atoms with Gasteiger partial charge in [0.1, 0.15) is 10.1 Å². The number of carboxylic acids is 2. The van der Waals surface area contributed by atoms with E-state index in [2.05, 4.69) is 13.2 Å². The maximum Gasteiger partial charge on any atom is 1.00 e. The van der Waals surface area contributed by atoms with E-state index >= 15 is 0 Å². The van der Waals surface area contributed by atoms with E-state index in [1.54, 1.807) is 0 Å². The van der Waals surface area contributed by atoms with Gasteiger partial charge in [0.2, 0.25) is 0 Å². The van der Waals surface area contributed by atoms with Crippen LogP contribution in [0.15, 0.2) is 24.1 Å². The summed E-state index contributed by atoms with van der Waals surface area (Å²) in [7, 11) is -4.15. The van der Waals surface area contributed by atoms with Crippen molar-refractivity contribution in [3.05, 3.63) is 24.1 Å². The van der Waals surface area contributed by atoms with Gasteiger partial charge in [-0.1, -0.05) is 13.2 Å². The summed E-state index contributed by atoms with van der Waals surface area (Å²) in [6.45, 7) is 5.75. The van der Waals surface area contributed by atoms with Gasteiger partial charge in [-0.2, -0.15) is 0 Å². The Morgan fingerprint density at radius 2 is 1.62 bits per heavy atom. The largest absolute Gasteiger partial charge is 1.00 e. The van der Waals surface area contributed by atoms with Gasteiger partial charge in [0, 0.05) is 11.0 Å². The van der Waals surface area contributed by atoms with Crippen LogP contribution in [0, 0.1) is 0 Å². The normalized spacial score (nSPS) is 8.81. The number of rotatable bonds is 4. The molecule has 0 unspecified atom stereocenters.